The van der Waals surface area contributed by atoms with Crippen LogP contribution in [0, 0.1) is 5.92 Å². The number of benzene rings is 3. The molecule has 3 aromatic carbocycles. The standard InChI is InChI=1S/C28H28N4O4/c1-18(2)25(28(34)35-3)32-26-22-11-7-8-12-23(22)30-24(31-26)17-29-27(33)19-13-15-21(16-14-19)36-20-9-5-4-6-10-20/h4-16,18,25H,17H2,1-3H3,(H,29,33)(H,30,31,32). The molecule has 0 aliphatic rings. The first-order valence-electron chi connectivity index (χ1n) is 11.7. The van der Waals surface area contributed by atoms with Crippen LogP contribution in [-0.4, -0.2) is 35.0 Å². The van der Waals surface area contributed by atoms with Crippen molar-refractivity contribution in [3.05, 3.63) is 90.3 Å². The SMILES string of the molecule is COC(=O)C(Nc1nc(CNC(=O)c2ccc(Oc3ccccc3)cc2)nc2ccccc12)C(C)C. The predicted octanol–water partition coefficient (Wildman–Crippen LogP) is 4.96. The number of amides is 1. The highest BCUT2D eigenvalue weighted by Gasteiger charge is 2.24. The first kappa shape index (κ1) is 24.7. The molecule has 2 N–H and O–H groups in total. The van der Waals surface area contributed by atoms with Crippen molar-refractivity contribution < 1.29 is 19.1 Å². The van der Waals surface area contributed by atoms with Gasteiger partial charge < -0.3 is 20.1 Å². The molecule has 1 heterocycles. The summed E-state index contributed by atoms with van der Waals surface area (Å²) in [7, 11) is 1.36. The van der Waals surface area contributed by atoms with E-state index in [1.165, 1.54) is 7.11 Å². The van der Waals surface area contributed by atoms with E-state index in [9.17, 15) is 9.59 Å². The second-order valence-electron chi connectivity index (χ2n) is 8.52. The quantitative estimate of drug-likeness (QED) is 0.324. The number of aromatic nitrogens is 2. The number of ether oxygens (including phenoxy) is 2. The molecule has 4 aromatic rings. The average molecular weight is 485 g/mol. The van der Waals surface area contributed by atoms with Crippen LogP contribution in [0.5, 0.6) is 11.5 Å². The Hall–Kier alpha value is -4.46. The first-order valence-corrected chi connectivity index (χ1v) is 11.7. The van der Waals surface area contributed by atoms with Gasteiger partial charge in [-0.1, -0.05) is 44.2 Å². The van der Waals surface area contributed by atoms with Gasteiger partial charge in [-0.05, 0) is 54.4 Å². The maximum Gasteiger partial charge on any atom is 0.328 e. The zero-order valence-electron chi connectivity index (χ0n) is 20.4. The van der Waals surface area contributed by atoms with E-state index >= 15 is 0 Å². The number of carbonyl (C=O) groups is 2. The Morgan fingerprint density at radius 2 is 1.53 bits per heavy atom. The van der Waals surface area contributed by atoms with E-state index in [2.05, 4.69) is 20.6 Å². The Labute approximate surface area is 209 Å². The Morgan fingerprint density at radius 1 is 0.861 bits per heavy atom. The largest absolute Gasteiger partial charge is 0.467 e. The van der Waals surface area contributed by atoms with E-state index in [1.807, 2.05) is 68.4 Å². The lowest BCUT2D eigenvalue weighted by atomic mass is 10.0. The monoisotopic (exact) mass is 484 g/mol. The third-order valence-corrected chi connectivity index (χ3v) is 5.57. The van der Waals surface area contributed by atoms with Gasteiger partial charge in [0.15, 0.2) is 5.82 Å². The lowest BCUT2D eigenvalue weighted by Crippen LogP contribution is -2.36. The second-order valence-corrected chi connectivity index (χ2v) is 8.52. The number of nitrogens with zero attached hydrogens (tertiary/aromatic N) is 2. The molecule has 184 valence electrons. The van der Waals surface area contributed by atoms with Crippen molar-refractivity contribution in [3.8, 4) is 11.5 Å². The van der Waals surface area contributed by atoms with Crippen LogP contribution in [0.4, 0.5) is 5.82 Å². The van der Waals surface area contributed by atoms with E-state index in [-0.39, 0.29) is 24.3 Å². The topological polar surface area (TPSA) is 102 Å². The molecule has 0 saturated carbocycles. The van der Waals surface area contributed by atoms with E-state index < -0.39 is 6.04 Å². The summed E-state index contributed by atoms with van der Waals surface area (Å²) in [6, 6.07) is 23.2. The molecule has 1 aromatic heterocycles. The zero-order valence-corrected chi connectivity index (χ0v) is 20.4. The van der Waals surface area contributed by atoms with E-state index in [0.29, 0.717) is 28.5 Å². The number of nitrogens with one attached hydrogen (secondary N) is 2. The number of anilines is 1. The number of carbonyl (C=O) groups excluding carboxylic acids is 2. The van der Waals surface area contributed by atoms with Crippen molar-refractivity contribution in [1.82, 2.24) is 15.3 Å². The minimum atomic E-state index is -0.577. The Morgan fingerprint density at radius 3 is 2.22 bits per heavy atom. The van der Waals surface area contributed by atoms with Crippen LogP contribution >= 0.6 is 0 Å². The molecule has 0 aliphatic carbocycles. The maximum atomic E-state index is 12.7. The van der Waals surface area contributed by atoms with Gasteiger partial charge in [-0.2, -0.15) is 0 Å². The van der Waals surface area contributed by atoms with Gasteiger partial charge in [-0.3, -0.25) is 4.79 Å². The number of esters is 1. The van der Waals surface area contributed by atoms with Gasteiger partial charge in [0.25, 0.3) is 5.91 Å². The minimum Gasteiger partial charge on any atom is -0.467 e. The van der Waals surface area contributed by atoms with Crippen LogP contribution in [0.15, 0.2) is 78.9 Å². The molecular weight excluding hydrogens is 456 g/mol. The first-order chi connectivity index (χ1) is 17.4. The minimum absolute atomic E-state index is 0.0248. The smallest absolute Gasteiger partial charge is 0.328 e. The summed E-state index contributed by atoms with van der Waals surface area (Å²) < 4.78 is 10.7. The van der Waals surface area contributed by atoms with Gasteiger partial charge in [0.1, 0.15) is 23.4 Å². The van der Waals surface area contributed by atoms with Gasteiger partial charge in [-0.25, -0.2) is 14.8 Å². The summed E-state index contributed by atoms with van der Waals surface area (Å²) in [6.45, 7) is 3.97. The van der Waals surface area contributed by atoms with Crippen LogP contribution in [0.1, 0.15) is 30.0 Å². The average Bonchev–Trinajstić information content (AvgIpc) is 2.90. The second kappa shape index (κ2) is 11.3. The summed E-state index contributed by atoms with van der Waals surface area (Å²) >= 11 is 0. The number of rotatable bonds is 9. The summed E-state index contributed by atoms with van der Waals surface area (Å²) in [6.07, 6.45) is 0. The summed E-state index contributed by atoms with van der Waals surface area (Å²) in [5, 5.41) is 6.84. The highest BCUT2D eigenvalue weighted by Crippen LogP contribution is 2.23. The molecule has 8 nitrogen and oxygen atoms in total. The molecule has 0 radical (unpaired) electrons. The van der Waals surface area contributed by atoms with Crippen molar-refractivity contribution in [1.29, 1.82) is 0 Å². The number of para-hydroxylation sites is 2. The summed E-state index contributed by atoms with van der Waals surface area (Å²) in [5.74, 6) is 1.63. The molecule has 0 saturated heterocycles. The van der Waals surface area contributed by atoms with Crippen LogP contribution in [0.3, 0.4) is 0 Å². The summed E-state index contributed by atoms with van der Waals surface area (Å²) in [5.41, 5.74) is 1.19. The lowest BCUT2D eigenvalue weighted by molar-refractivity contribution is -0.142. The Kier molecular flexibility index (Phi) is 7.75. The van der Waals surface area contributed by atoms with Crippen LogP contribution in [0.2, 0.25) is 0 Å². The molecule has 1 amide bonds. The molecule has 0 fully saturated rings. The van der Waals surface area contributed by atoms with Crippen molar-refractivity contribution >= 4 is 28.6 Å². The van der Waals surface area contributed by atoms with E-state index in [1.54, 1.807) is 24.3 Å². The van der Waals surface area contributed by atoms with Crippen molar-refractivity contribution in [2.75, 3.05) is 12.4 Å². The van der Waals surface area contributed by atoms with Crippen LogP contribution in [-0.2, 0) is 16.1 Å². The molecule has 0 spiro atoms. The molecule has 0 aliphatic heterocycles. The van der Waals surface area contributed by atoms with Crippen molar-refractivity contribution in [2.45, 2.75) is 26.4 Å². The molecular formula is C28H28N4O4. The van der Waals surface area contributed by atoms with Crippen molar-refractivity contribution in [2.24, 2.45) is 5.92 Å². The number of fused-ring (bicyclic) bond motifs is 1. The van der Waals surface area contributed by atoms with Crippen molar-refractivity contribution in [3.63, 3.8) is 0 Å². The van der Waals surface area contributed by atoms with Gasteiger partial charge in [0, 0.05) is 10.9 Å². The molecule has 1 unspecified atom stereocenters. The molecule has 0 bridgehead atoms. The fourth-order valence-corrected chi connectivity index (χ4v) is 3.65. The highest BCUT2D eigenvalue weighted by atomic mass is 16.5. The van der Waals surface area contributed by atoms with Crippen LogP contribution in [0.25, 0.3) is 10.9 Å². The number of hydrogen-bond donors (Lipinski definition) is 2. The predicted molar refractivity (Wildman–Crippen MR) is 138 cm³/mol. The molecule has 8 heteroatoms. The summed E-state index contributed by atoms with van der Waals surface area (Å²) in [4.78, 5) is 34.2. The molecule has 1 atom stereocenters. The Balaban J connectivity index is 1.48. The van der Waals surface area contributed by atoms with Gasteiger partial charge in [0.05, 0.1) is 19.2 Å². The van der Waals surface area contributed by atoms with Gasteiger partial charge in [-0.15, -0.1) is 0 Å². The number of hydrogen-bond acceptors (Lipinski definition) is 7. The highest BCUT2D eigenvalue weighted by molar-refractivity contribution is 5.94. The van der Waals surface area contributed by atoms with Crippen LogP contribution < -0.4 is 15.4 Å². The van der Waals surface area contributed by atoms with Gasteiger partial charge >= 0.3 is 5.97 Å². The fourth-order valence-electron chi connectivity index (χ4n) is 3.65. The van der Waals surface area contributed by atoms with E-state index in [0.717, 1.165) is 11.1 Å². The zero-order chi connectivity index (χ0) is 25.5. The molecule has 36 heavy (non-hydrogen) atoms. The maximum absolute atomic E-state index is 12.7. The fraction of sp³-hybridized carbons (Fsp3) is 0.214. The number of methoxy groups -OCH3 is 1. The van der Waals surface area contributed by atoms with E-state index in [4.69, 9.17) is 9.47 Å². The Bertz CT molecular complexity index is 1340. The third-order valence-electron chi connectivity index (χ3n) is 5.57. The molecule has 4 rings (SSSR count). The normalized spacial score (nSPS) is 11.7. The third kappa shape index (κ3) is 5.96. The lowest BCUT2D eigenvalue weighted by Gasteiger charge is -2.21. The van der Waals surface area contributed by atoms with Gasteiger partial charge in [0.2, 0.25) is 0 Å².